The summed E-state index contributed by atoms with van der Waals surface area (Å²) in [6.45, 7) is 6.51. The highest BCUT2D eigenvalue weighted by Gasteiger charge is 2.18. The molecule has 5 heteroatoms. The lowest BCUT2D eigenvalue weighted by atomic mass is 10.1. The molecule has 0 saturated carbocycles. The van der Waals surface area contributed by atoms with Crippen LogP contribution in [0.15, 0.2) is 41.3 Å². The molecule has 1 N–H and O–H groups in total. The third kappa shape index (κ3) is 3.51. The first-order valence-electron chi connectivity index (χ1n) is 6.68. The zero-order valence-corrected chi connectivity index (χ0v) is 12.7. The predicted molar refractivity (Wildman–Crippen MR) is 81.5 cm³/mol. The Morgan fingerprint density at radius 1 is 1.35 bits per heavy atom. The number of amidine groups is 1. The first-order chi connectivity index (χ1) is 9.47. The Morgan fingerprint density at radius 2 is 2.10 bits per heavy atom. The van der Waals surface area contributed by atoms with E-state index in [-0.39, 0.29) is 17.9 Å². The smallest absolute Gasteiger partial charge is 0.180 e. The zero-order chi connectivity index (χ0) is 14.7. The van der Waals surface area contributed by atoms with Crippen LogP contribution in [0.5, 0.6) is 0 Å². The average molecular weight is 296 g/mol. The molecule has 0 spiro atoms. The van der Waals surface area contributed by atoms with Crippen LogP contribution in [0.2, 0.25) is 5.02 Å². The van der Waals surface area contributed by atoms with Gasteiger partial charge in [-0.3, -0.25) is 4.99 Å². The number of benzene rings is 1. The molecule has 1 aromatic rings. The molecule has 20 heavy (non-hydrogen) atoms. The first-order valence-corrected chi connectivity index (χ1v) is 7.05. The number of halogens is 2. The van der Waals surface area contributed by atoms with E-state index < -0.39 is 0 Å². The van der Waals surface area contributed by atoms with Gasteiger partial charge in [0.1, 0.15) is 0 Å². The number of rotatable bonds is 3. The molecule has 1 aliphatic heterocycles. The monoisotopic (exact) mass is 295 g/mol. The molecule has 0 unspecified atom stereocenters. The molecule has 1 atom stereocenters. The molecule has 1 aliphatic rings. The highest BCUT2D eigenvalue weighted by Crippen LogP contribution is 2.22. The van der Waals surface area contributed by atoms with Crippen LogP contribution in [0.3, 0.4) is 0 Å². The fourth-order valence-corrected chi connectivity index (χ4v) is 2.18. The van der Waals surface area contributed by atoms with Gasteiger partial charge in [-0.05, 0) is 38.5 Å². The van der Waals surface area contributed by atoms with Gasteiger partial charge in [0.05, 0.1) is 12.7 Å². The minimum absolute atomic E-state index is 0.152. The van der Waals surface area contributed by atoms with E-state index in [4.69, 9.17) is 11.6 Å². The summed E-state index contributed by atoms with van der Waals surface area (Å²) in [5.41, 5.74) is 0.964. The van der Waals surface area contributed by atoms with Gasteiger partial charge in [0.25, 0.3) is 0 Å². The van der Waals surface area contributed by atoms with E-state index in [1.807, 2.05) is 49.9 Å². The van der Waals surface area contributed by atoms with Gasteiger partial charge in [0.15, 0.2) is 11.7 Å². The summed E-state index contributed by atoms with van der Waals surface area (Å²) in [5.74, 6) is -0.0341. The summed E-state index contributed by atoms with van der Waals surface area (Å²) in [6.07, 6.45) is 1.50. The number of nitrogens with one attached hydrogen (secondary N) is 1. The molecule has 0 amide bonds. The van der Waals surface area contributed by atoms with Crippen LogP contribution >= 0.6 is 11.6 Å². The molecular weight excluding hydrogens is 277 g/mol. The van der Waals surface area contributed by atoms with Gasteiger partial charge in [-0.1, -0.05) is 23.7 Å². The summed E-state index contributed by atoms with van der Waals surface area (Å²) in [7, 11) is 0. The maximum absolute atomic E-state index is 14.0. The van der Waals surface area contributed by atoms with Crippen molar-refractivity contribution in [1.29, 1.82) is 0 Å². The van der Waals surface area contributed by atoms with Crippen molar-refractivity contribution in [2.75, 3.05) is 6.67 Å². The number of nitrogens with zero attached hydrogens (tertiary/aromatic N) is 2. The van der Waals surface area contributed by atoms with E-state index in [0.29, 0.717) is 17.5 Å². The number of aliphatic imine (C=N–C) groups is 1. The number of hydrogen-bond donors (Lipinski definition) is 1. The second-order valence-corrected chi connectivity index (χ2v) is 5.57. The quantitative estimate of drug-likeness (QED) is 0.916. The van der Waals surface area contributed by atoms with Gasteiger partial charge in [0.2, 0.25) is 0 Å². The van der Waals surface area contributed by atoms with Gasteiger partial charge in [-0.15, -0.1) is 0 Å². The fraction of sp³-hybridized carbons (Fsp3) is 0.400. The Bertz CT molecular complexity index is 540. The van der Waals surface area contributed by atoms with Crippen molar-refractivity contribution in [3.05, 3.63) is 46.9 Å². The van der Waals surface area contributed by atoms with Gasteiger partial charge >= 0.3 is 0 Å². The standard InChI is InChI=1S/C15H19ClFN3/c1-10(2)20-8-14(17)15(18-9-20)19-11(3)12-5-4-6-13(16)7-12/h4-8,10-11H,9H2,1-3H3,(H,18,19)/t11-/m0/s1. The molecule has 108 valence electrons. The molecule has 0 radical (unpaired) electrons. The van der Waals surface area contributed by atoms with E-state index in [0.717, 1.165) is 5.56 Å². The largest absolute Gasteiger partial charge is 0.355 e. The minimum atomic E-state index is -0.334. The molecule has 0 fully saturated rings. The summed E-state index contributed by atoms with van der Waals surface area (Å²) in [6, 6.07) is 7.56. The first kappa shape index (κ1) is 14.9. The Labute approximate surface area is 124 Å². The Balaban J connectivity index is 2.17. The van der Waals surface area contributed by atoms with Crippen molar-refractivity contribution in [2.24, 2.45) is 4.99 Å². The molecule has 1 heterocycles. The van der Waals surface area contributed by atoms with Crippen LogP contribution in [0.1, 0.15) is 32.4 Å². The minimum Gasteiger partial charge on any atom is -0.355 e. The van der Waals surface area contributed by atoms with Gasteiger partial charge < -0.3 is 10.2 Å². The van der Waals surface area contributed by atoms with E-state index in [9.17, 15) is 4.39 Å². The average Bonchev–Trinajstić information content (AvgIpc) is 2.40. The Kier molecular flexibility index (Phi) is 4.65. The van der Waals surface area contributed by atoms with Gasteiger partial charge in [-0.25, -0.2) is 4.39 Å². The number of hydrogen-bond acceptors (Lipinski definition) is 2. The summed E-state index contributed by atoms with van der Waals surface area (Å²) < 4.78 is 14.0. The summed E-state index contributed by atoms with van der Waals surface area (Å²) in [5, 5.41) is 3.68. The Morgan fingerprint density at radius 3 is 2.70 bits per heavy atom. The van der Waals surface area contributed by atoms with Crippen molar-refractivity contribution in [3.8, 4) is 0 Å². The van der Waals surface area contributed by atoms with Crippen LogP contribution in [0, 0.1) is 0 Å². The molecule has 0 saturated heterocycles. The molecule has 3 nitrogen and oxygen atoms in total. The SMILES string of the molecule is CC(C)N1C=C(F)C(=N[C@@H](C)c2cccc(Cl)c2)NC1. The van der Waals surface area contributed by atoms with Gasteiger partial charge in [0, 0.05) is 17.3 Å². The van der Waals surface area contributed by atoms with E-state index in [2.05, 4.69) is 10.3 Å². The van der Waals surface area contributed by atoms with Crippen LogP contribution in [0.25, 0.3) is 0 Å². The van der Waals surface area contributed by atoms with Crippen molar-refractivity contribution in [3.63, 3.8) is 0 Å². The normalized spacial score (nSPS) is 19.0. The third-order valence-corrected chi connectivity index (χ3v) is 3.49. The van der Waals surface area contributed by atoms with Crippen molar-refractivity contribution < 1.29 is 4.39 Å². The van der Waals surface area contributed by atoms with Crippen LogP contribution in [-0.4, -0.2) is 23.4 Å². The molecule has 1 aromatic carbocycles. The molecule has 2 rings (SSSR count). The van der Waals surface area contributed by atoms with Crippen molar-refractivity contribution in [2.45, 2.75) is 32.9 Å². The molecule has 0 bridgehead atoms. The van der Waals surface area contributed by atoms with E-state index >= 15 is 0 Å². The lowest BCUT2D eigenvalue weighted by molar-refractivity contribution is 0.289. The van der Waals surface area contributed by atoms with Crippen molar-refractivity contribution >= 4 is 17.4 Å². The molecular formula is C15H19ClFN3. The lowest BCUT2D eigenvalue weighted by Gasteiger charge is -2.30. The van der Waals surface area contributed by atoms with Crippen molar-refractivity contribution in [1.82, 2.24) is 10.2 Å². The highest BCUT2D eigenvalue weighted by atomic mass is 35.5. The summed E-state index contributed by atoms with van der Waals surface area (Å²) in [4.78, 5) is 6.29. The third-order valence-electron chi connectivity index (χ3n) is 3.25. The highest BCUT2D eigenvalue weighted by molar-refractivity contribution is 6.30. The molecule has 0 aromatic heterocycles. The zero-order valence-electron chi connectivity index (χ0n) is 11.9. The van der Waals surface area contributed by atoms with Gasteiger partial charge in [-0.2, -0.15) is 0 Å². The molecule has 0 aliphatic carbocycles. The maximum Gasteiger partial charge on any atom is 0.180 e. The van der Waals surface area contributed by atoms with E-state index in [1.165, 1.54) is 6.20 Å². The second kappa shape index (κ2) is 6.27. The Hall–Kier alpha value is -1.55. The fourth-order valence-electron chi connectivity index (χ4n) is 1.98. The van der Waals surface area contributed by atoms with Crippen LogP contribution < -0.4 is 5.32 Å². The van der Waals surface area contributed by atoms with E-state index in [1.54, 1.807) is 0 Å². The maximum atomic E-state index is 14.0. The predicted octanol–water partition coefficient (Wildman–Crippen LogP) is 3.88. The second-order valence-electron chi connectivity index (χ2n) is 5.13. The lowest BCUT2D eigenvalue weighted by Crippen LogP contribution is -2.43. The van der Waals surface area contributed by atoms with Crippen LogP contribution in [-0.2, 0) is 0 Å². The van der Waals surface area contributed by atoms with Crippen LogP contribution in [0.4, 0.5) is 4.39 Å². The topological polar surface area (TPSA) is 27.6 Å². The summed E-state index contributed by atoms with van der Waals surface area (Å²) >= 11 is 5.96.